The number of carbonyl (C=O) groups excluding carboxylic acids is 1. The van der Waals surface area contributed by atoms with Crippen LogP contribution in [-0.2, 0) is 28.5 Å². The molecule has 4 unspecified atom stereocenters. The fraction of sp³-hybridized carbons (Fsp3) is 0.944. The van der Waals surface area contributed by atoms with E-state index in [-0.39, 0.29) is 30.7 Å². The monoisotopic (exact) mass is 401 g/mol. The Bertz CT molecular complexity index is 586. The number of nitrogens with zero attached hydrogens (tertiary/aromatic N) is 3. The Balaban J connectivity index is 2.22. The molecule has 10 atom stereocenters. The highest BCUT2D eigenvalue weighted by molar-refractivity contribution is 5.65. The van der Waals surface area contributed by atoms with Gasteiger partial charge in [0, 0.05) is 30.8 Å². The maximum atomic E-state index is 11.2. The van der Waals surface area contributed by atoms with Crippen LogP contribution >= 0.6 is 0 Å². The van der Waals surface area contributed by atoms with E-state index in [0.717, 1.165) is 0 Å². The van der Waals surface area contributed by atoms with Crippen LogP contribution in [0.2, 0.25) is 0 Å². The van der Waals surface area contributed by atoms with Crippen LogP contribution in [-0.4, -0.2) is 67.8 Å². The van der Waals surface area contributed by atoms with Gasteiger partial charge in [0.2, 0.25) is 0 Å². The van der Waals surface area contributed by atoms with Gasteiger partial charge in [0.25, 0.3) is 0 Å². The number of ether oxygens (including phenoxy) is 5. The van der Waals surface area contributed by atoms with E-state index in [2.05, 4.69) is 16.9 Å². The summed E-state index contributed by atoms with van der Waals surface area (Å²) in [6.07, 6.45) is -3.40. The number of azide groups is 1. The molecular weight excluding hydrogens is 370 g/mol. The van der Waals surface area contributed by atoms with Crippen LogP contribution in [0.3, 0.4) is 0 Å². The molecule has 0 aromatic heterocycles. The van der Waals surface area contributed by atoms with E-state index >= 15 is 0 Å². The van der Waals surface area contributed by atoms with Crippen molar-refractivity contribution in [1.29, 1.82) is 0 Å². The van der Waals surface area contributed by atoms with E-state index in [0.29, 0.717) is 0 Å². The summed E-state index contributed by atoms with van der Waals surface area (Å²) in [6.45, 7) is 9.00. The maximum absolute atomic E-state index is 11.2. The smallest absolute Gasteiger partial charge is 0.302 e. The average molecular weight is 401 g/mol. The van der Waals surface area contributed by atoms with Crippen molar-refractivity contribution in [2.45, 2.75) is 77.7 Å². The van der Waals surface area contributed by atoms with Crippen molar-refractivity contribution in [2.75, 3.05) is 13.7 Å². The first-order chi connectivity index (χ1) is 13.2. The number of esters is 1. The Kier molecular flexibility index (Phi) is 8.06. The van der Waals surface area contributed by atoms with Crippen molar-refractivity contribution in [2.24, 2.45) is 22.9 Å². The van der Waals surface area contributed by atoms with Gasteiger partial charge in [-0.25, -0.2) is 0 Å². The van der Waals surface area contributed by atoms with E-state index in [1.165, 1.54) is 6.92 Å². The lowest BCUT2D eigenvalue weighted by atomic mass is 9.85. The first-order valence-corrected chi connectivity index (χ1v) is 9.56. The van der Waals surface area contributed by atoms with Crippen LogP contribution in [0.15, 0.2) is 5.11 Å². The predicted molar refractivity (Wildman–Crippen MR) is 97.9 cm³/mol. The van der Waals surface area contributed by atoms with Gasteiger partial charge >= 0.3 is 5.97 Å². The Hall–Kier alpha value is -1.42. The third-order valence-electron chi connectivity index (χ3n) is 5.78. The Morgan fingerprint density at radius 2 is 1.82 bits per heavy atom. The molecule has 0 aromatic rings. The van der Waals surface area contributed by atoms with E-state index in [1.54, 1.807) is 14.0 Å². The number of carbonyl (C=O) groups is 1. The minimum Gasteiger partial charge on any atom is -0.463 e. The van der Waals surface area contributed by atoms with Crippen LogP contribution in [0, 0.1) is 17.8 Å². The Morgan fingerprint density at radius 1 is 1.14 bits per heavy atom. The molecule has 0 aromatic carbocycles. The van der Waals surface area contributed by atoms with Crippen LogP contribution in [0.1, 0.15) is 34.6 Å². The third kappa shape index (κ3) is 4.94. The topological polar surface area (TPSA) is 132 Å². The van der Waals surface area contributed by atoms with Gasteiger partial charge in [0.1, 0.15) is 12.7 Å². The van der Waals surface area contributed by atoms with E-state index in [9.17, 15) is 9.90 Å². The fourth-order valence-corrected chi connectivity index (χ4v) is 4.00. The summed E-state index contributed by atoms with van der Waals surface area (Å²) < 4.78 is 28.6. The lowest BCUT2D eigenvalue weighted by molar-refractivity contribution is -0.318. The zero-order chi connectivity index (χ0) is 21.0. The largest absolute Gasteiger partial charge is 0.463 e. The van der Waals surface area contributed by atoms with Crippen molar-refractivity contribution < 1.29 is 33.6 Å². The number of aliphatic hydroxyl groups excluding tert-OH is 1. The molecule has 28 heavy (non-hydrogen) atoms. The van der Waals surface area contributed by atoms with Crippen LogP contribution < -0.4 is 0 Å². The molecule has 10 heteroatoms. The van der Waals surface area contributed by atoms with Crippen molar-refractivity contribution >= 4 is 5.97 Å². The minimum atomic E-state index is -1.32. The SMILES string of the molecule is CO[C@H]1C(C)[C@H](O[C@@H]2C(COC(C)=O)O[C@H](O)C(N=[N+]=[N-])[C@H]2C)OC(C)[C@H]1C. The molecule has 10 nitrogen and oxygen atoms in total. The highest BCUT2D eigenvalue weighted by atomic mass is 16.7. The van der Waals surface area contributed by atoms with Crippen molar-refractivity contribution in [1.82, 2.24) is 0 Å². The molecule has 2 aliphatic rings. The molecule has 0 saturated carbocycles. The van der Waals surface area contributed by atoms with Crippen molar-refractivity contribution in [3.8, 4) is 0 Å². The maximum Gasteiger partial charge on any atom is 0.302 e. The van der Waals surface area contributed by atoms with Gasteiger partial charge in [-0.05, 0) is 18.4 Å². The Labute approximate surface area is 165 Å². The molecule has 1 N–H and O–H groups in total. The zero-order valence-corrected chi connectivity index (χ0v) is 17.2. The van der Waals surface area contributed by atoms with Crippen molar-refractivity contribution in [3.05, 3.63) is 10.4 Å². The van der Waals surface area contributed by atoms with Gasteiger partial charge in [-0.3, -0.25) is 4.79 Å². The summed E-state index contributed by atoms with van der Waals surface area (Å²) in [7, 11) is 1.66. The molecule has 160 valence electrons. The van der Waals surface area contributed by atoms with Gasteiger partial charge in [-0.15, -0.1) is 0 Å². The number of methoxy groups -OCH3 is 1. The van der Waals surface area contributed by atoms with Crippen LogP contribution in [0.5, 0.6) is 0 Å². The van der Waals surface area contributed by atoms with Gasteiger partial charge in [0.05, 0.1) is 24.4 Å². The summed E-state index contributed by atoms with van der Waals surface area (Å²) >= 11 is 0. The third-order valence-corrected chi connectivity index (χ3v) is 5.78. The number of hydrogen-bond acceptors (Lipinski definition) is 8. The quantitative estimate of drug-likeness (QED) is 0.311. The minimum absolute atomic E-state index is 0.0565. The van der Waals surface area contributed by atoms with Crippen molar-refractivity contribution in [3.63, 3.8) is 0 Å². The summed E-state index contributed by atoms with van der Waals surface area (Å²) in [5.74, 6) is -0.741. The lowest BCUT2D eigenvalue weighted by Crippen LogP contribution is -2.58. The van der Waals surface area contributed by atoms with E-state index in [4.69, 9.17) is 29.2 Å². The van der Waals surface area contributed by atoms with Crippen LogP contribution in [0.4, 0.5) is 0 Å². The van der Waals surface area contributed by atoms with Gasteiger partial charge in [-0.1, -0.05) is 25.9 Å². The molecule has 2 rings (SSSR count). The zero-order valence-electron chi connectivity index (χ0n) is 17.2. The summed E-state index contributed by atoms with van der Waals surface area (Å²) in [6, 6.07) is -0.836. The molecule has 0 aliphatic carbocycles. The highest BCUT2D eigenvalue weighted by Crippen LogP contribution is 2.37. The molecule has 0 radical (unpaired) electrons. The van der Waals surface area contributed by atoms with Gasteiger partial charge in [-0.2, -0.15) is 0 Å². The van der Waals surface area contributed by atoms with E-state index in [1.807, 2.05) is 13.8 Å². The predicted octanol–water partition coefficient (Wildman–Crippen LogP) is 2.00. The van der Waals surface area contributed by atoms with Crippen LogP contribution in [0.25, 0.3) is 10.4 Å². The number of aliphatic hydroxyl groups is 1. The molecular formula is C18H31N3O7. The number of hydrogen-bond donors (Lipinski definition) is 1. The molecule has 0 bridgehead atoms. The summed E-state index contributed by atoms with van der Waals surface area (Å²) in [5.41, 5.74) is 8.82. The standard InChI is InChI=1S/C18H31N3O7/c1-8-11(4)26-18(10(3)15(8)24-6)28-16-9(2)14(20-21-19)17(23)27-13(16)7-25-12(5)22/h8-11,13-18,23H,7H2,1-6H3/t8-,9-,10?,11?,13?,14?,15-,16+,17+,18+/m1/s1. The first kappa shape index (κ1) is 22.9. The Morgan fingerprint density at radius 3 is 2.39 bits per heavy atom. The second-order valence-electron chi connectivity index (χ2n) is 7.65. The van der Waals surface area contributed by atoms with Gasteiger partial charge < -0.3 is 28.8 Å². The summed E-state index contributed by atoms with van der Waals surface area (Å²) in [4.78, 5) is 14.0. The molecule has 0 spiro atoms. The van der Waals surface area contributed by atoms with Gasteiger partial charge in [0.15, 0.2) is 12.6 Å². The number of rotatable bonds is 6. The molecule has 2 heterocycles. The molecule has 2 aliphatic heterocycles. The fourth-order valence-electron chi connectivity index (χ4n) is 4.00. The normalized spacial score (nSPS) is 43.8. The molecule has 0 amide bonds. The second kappa shape index (κ2) is 9.87. The first-order valence-electron chi connectivity index (χ1n) is 9.56. The molecule has 2 saturated heterocycles. The summed E-state index contributed by atoms with van der Waals surface area (Å²) in [5, 5.41) is 13.9. The average Bonchev–Trinajstić information content (AvgIpc) is 2.64. The second-order valence-corrected chi connectivity index (χ2v) is 7.65. The van der Waals surface area contributed by atoms with E-state index < -0.39 is 42.7 Å². The molecule has 2 fully saturated rings. The lowest BCUT2D eigenvalue weighted by Gasteiger charge is -2.47. The highest BCUT2D eigenvalue weighted by Gasteiger charge is 2.48.